The van der Waals surface area contributed by atoms with Crippen LogP contribution in [0, 0.1) is 5.41 Å². The van der Waals surface area contributed by atoms with Gasteiger partial charge in [-0.2, -0.15) is 0 Å². The Morgan fingerprint density at radius 1 is 1.02 bits per heavy atom. The summed E-state index contributed by atoms with van der Waals surface area (Å²) in [6.07, 6.45) is 7.38. The van der Waals surface area contributed by atoms with Crippen molar-refractivity contribution < 1.29 is 27.4 Å². The number of amides is 1. The predicted molar refractivity (Wildman–Crippen MR) is 154 cm³/mol. The molecule has 2 heterocycles. The van der Waals surface area contributed by atoms with E-state index >= 15 is 0 Å². The van der Waals surface area contributed by atoms with Crippen LogP contribution in [-0.4, -0.2) is 58.6 Å². The van der Waals surface area contributed by atoms with Crippen LogP contribution in [0.3, 0.4) is 0 Å². The summed E-state index contributed by atoms with van der Waals surface area (Å²) in [6, 6.07) is 17.8. The van der Waals surface area contributed by atoms with Crippen LogP contribution in [0.25, 0.3) is 0 Å². The van der Waals surface area contributed by atoms with Gasteiger partial charge in [0.25, 0.3) is 0 Å². The number of hydrogen-bond acceptors (Lipinski definition) is 6. The highest BCUT2D eigenvalue weighted by atomic mass is 32.2. The summed E-state index contributed by atoms with van der Waals surface area (Å²) >= 11 is 0. The second kappa shape index (κ2) is 13.0. The molecule has 0 radical (unpaired) electrons. The van der Waals surface area contributed by atoms with Crippen molar-refractivity contribution in [2.75, 3.05) is 26.1 Å². The first kappa shape index (κ1) is 29.0. The number of ether oxygens (including phenoxy) is 3. The van der Waals surface area contributed by atoms with Gasteiger partial charge >= 0.3 is 0 Å². The van der Waals surface area contributed by atoms with E-state index < -0.39 is 15.4 Å². The zero-order valence-corrected chi connectivity index (χ0v) is 24.2. The zero-order chi connectivity index (χ0) is 28.0. The molecule has 2 saturated carbocycles. The molecule has 2 N–H and O–H groups in total. The summed E-state index contributed by atoms with van der Waals surface area (Å²) in [6.45, 7) is 1.53. The lowest BCUT2D eigenvalue weighted by Crippen LogP contribution is -2.50. The van der Waals surface area contributed by atoms with E-state index in [1.54, 1.807) is 0 Å². The maximum Gasteiger partial charge on any atom is 0.228 e. The minimum absolute atomic E-state index is 0.0959. The van der Waals surface area contributed by atoms with Crippen LogP contribution < -0.4 is 14.8 Å². The van der Waals surface area contributed by atoms with Crippen LogP contribution in [-0.2, 0) is 30.9 Å². The highest BCUT2D eigenvalue weighted by molar-refractivity contribution is 7.88. The minimum Gasteiger partial charge on any atom is -0.494 e. The van der Waals surface area contributed by atoms with E-state index in [2.05, 4.69) is 28.2 Å². The molecule has 1 amide bonds. The van der Waals surface area contributed by atoms with Crippen molar-refractivity contribution >= 4 is 15.9 Å². The van der Waals surface area contributed by atoms with E-state index in [0.717, 1.165) is 37.0 Å². The molecule has 218 valence electrons. The van der Waals surface area contributed by atoms with Gasteiger partial charge in [0.05, 0.1) is 50.2 Å². The zero-order valence-electron chi connectivity index (χ0n) is 23.3. The van der Waals surface area contributed by atoms with Crippen molar-refractivity contribution in [1.29, 1.82) is 0 Å². The summed E-state index contributed by atoms with van der Waals surface area (Å²) in [4.78, 5) is 14.0. The van der Waals surface area contributed by atoms with Crippen molar-refractivity contribution in [3.8, 4) is 5.75 Å². The van der Waals surface area contributed by atoms with Crippen molar-refractivity contribution in [1.82, 2.24) is 10.0 Å². The first-order chi connectivity index (χ1) is 19.3. The summed E-state index contributed by atoms with van der Waals surface area (Å²) in [7, 11) is -3.38. The molecule has 2 aromatic carbocycles. The number of fused-ring (bicyclic) bond motifs is 8. The number of rotatable bonds is 6. The first-order valence-corrected chi connectivity index (χ1v) is 16.4. The molecule has 0 unspecified atom stereocenters. The maximum absolute atomic E-state index is 14.0. The fraction of sp³-hybridized carbons (Fsp3) is 0.581. The van der Waals surface area contributed by atoms with Crippen LogP contribution in [0.5, 0.6) is 5.75 Å². The van der Waals surface area contributed by atoms with Gasteiger partial charge in [-0.15, -0.1) is 0 Å². The van der Waals surface area contributed by atoms with Crippen molar-refractivity contribution in [3.63, 3.8) is 0 Å². The molecule has 6 rings (SSSR count). The number of carbonyl (C=O) groups is 1. The van der Waals surface area contributed by atoms with E-state index in [1.165, 1.54) is 11.8 Å². The summed E-state index contributed by atoms with van der Waals surface area (Å²) in [5.74, 6) is 1.23. The lowest BCUT2D eigenvalue weighted by atomic mass is 9.82. The average Bonchev–Trinajstić information content (AvgIpc) is 3.35. The van der Waals surface area contributed by atoms with Crippen LogP contribution in [0.2, 0.25) is 0 Å². The molecule has 1 spiro atoms. The third kappa shape index (κ3) is 7.84. The van der Waals surface area contributed by atoms with E-state index in [4.69, 9.17) is 14.2 Å². The summed E-state index contributed by atoms with van der Waals surface area (Å²) in [5, 5.41) is 3.25. The Bertz CT molecular complexity index is 1230. The lowest BCUT2D eigenvalue weighted by molar-refractivity contribution is -0.138. The maximum atomic E-state index is 14.0. The third-order valence-electron chi connectivity index (χ3n) is 8.57. The van der Waals surface area contributed by atoms with Gasteiger partial charge in [0.1, 0.15) is 5.75 Å². The smallest absolute Gasteiger partial charge is 0.228 e. The van der Waals surface area contributed by atoms with Crippen LogP contribution in [0.15, 0.2) is 54.6 Å². The van der Waals surface area contributed by atoms with Crippen molar-refractivity contribution in [3.05, 3.63) is 65.7 Å². The van der Waals surface area contributed by atoms with Gasteiger partial charge in [-0.25, -0.2) is 13.1 Å². The first-order valence-electron chi connectivity index (χ1n) is 14.5. The molecule has 9 heteroatoms. The monoisotopic (exact) mass is 570 g/mol. The number of nitrogens with one attached hydrogen (secondary N) is 2. The van der Waals surface area contributed by atoms with Gasteiger partial charge in [0.15, 0.2) is 0 Å². The molecule has 8 nitrogen and oxygen atoms in total. The molecule has 2 aliphatic carbocycles. The van der Waals surface area contributed by atoms with Crippen molar-refractivity contribution in [2.45, 2.75) is 82.1 Å². The highest BCUT2D eigenvalue weighted by Crippen LogP contribution is 2.41. The number of hydrogen-bond donors (Lipinski definition) is 2. The van der Waals surface area contributed by atoms with Gasteiger partial charge in [-0.3, -0.25) is 4.79 Å². The molecule has 2 aliphatic heterocycles. The van der Waals surface area contributed by atoms with E-state index in [1.807, 2.05) is 36.4 Å². The van der Waals surface area contributed by atoms with Crippen LogP contribution in [0.1, 0.15) is 68.4 Å². The van der Waals surface area contributed by atoms with Gasteiger partial charge in [-0.05, 0) is 74.1 Å². The standard InChI is InChI=1S/C31H42N2O6S/c1-40(35,36)33-26-14-16-31(19-26)22-39-28-12-10-24(11-13-28)25-8-5-9-29(18-25)38-17-15-27(32-30(31)34)21-37-20-23-6-3-2-4-7-23/h2-9,18,24,26-28,33H,10-17,19-22H2,1H3,(H,32,34)/t24?,26-,27-,28?,31-/m0/s1. The topological polar surface area (TPSA) is 103 Å². The van der Waals surface area contributed by atoms with Gasteiger partial charge in [0.2, 0.25) is 15.9 Å². The molecular formula is C31H42N2O6S. The number of benzene rings is 2. The third-order valence-corrected chi connectivity index (χ3v) is 9.33. The quantitative estimate of drug-likeness (QED) is 0.537. The van der Waals surface area contributed by atoms with E-state index in [0.29, 0.717) is 58.0 Å². The lowest BCUT2D eigenvalue weighted by Gasteiger charge is -2.35. The second-order valence-corrected chi connectivity index (χ2v) is 13.6. The van der Waals surface area contributed by atoms with Gasteiger partial charge in [-0.1, -0.05) is 42.5 Å². The molecule has 4 bridgehead atoms. The Hall–Kier alpha value is -2.46. The largest absolute Gasteiger partial charge is 0.494 e. The van der Waals surface area contributed by atoms with Crippen molar-refractivity contribution in [2.24, 2.45) is 5.41 Å². The Balaban J connectivity index is 1.34. The molecule has 2 aromatic rings. The number of sulfonamides is 1. The Morgan fingerprint density at radius 2 is 1.82 bits per heavy atom. The Kier molecular flexibility index (Phi) is 9.45. The van der Waals surface area contributed by atoms with Gasteiger partial charge in [0, 0.05) is 12.5 Å². The highest BCUT2D eigenvalue weighted by Gasteiger charge is 2.47. The molecular weight excluding hydrogens is 528 g/mol. The van der Waals surface area contributed by atoms with E-state index in [9.17, 15) is 13.2 Å². The summed E-state index contributed by atoms with van der Waals surface area (Å²) < 4.78 is 45.3. The predicted octanol–water partition coefficient (Wildman–Crippen LogP) is 4.30. The van der Waals surface area contributed by atoms with Gasteiger partial charge < -0.3 is 19.5 Å². The molecule has 4 aliphatic rings. The SMILES string of the molecule is CS(=O)(=O)N[C@H]1CC[C@@]2(COC3CCC(CC3)c3cccc(c3)OCC[C@@H](COCc3ccccc3)NC2=O)C1. The Morgan fingerprint density at radius 3 is 2.60 bits per heavy atom. The van der Waals surface area contributed by atoms with Crippen LogP contribution in [0.4, 0.5) is 0 Å². The molecule has 2 fully saturated rings. The molecule has 0 aromatic heterocycles. The Labute approximate surface area is 238 Å². The normalized spacial score (nSPS) is 29.7. The molecule has 3 atom stereocenters. The molecule has 0 saturated heterocycles. The van der Waals surface area contributed by atoms with E-state index in [-0.39, 0.29) is 24.1 Å². The molecule has 40 heavy (non-hydrogen) atoms. The fourth-order valence-electron chi connectivity index (χ4n) is 6.38. The number of carbonyl (C=O) groups excluding carboxylic acids is 1. The second-order valence-electron chi connectivity index (χ2n) is 11.8. The fourth-order valence-corrected chi connectivity index (χ4v) is 7.19. The summed E-state index contributed by atoms with van der Waals surface area (Å²) in [5.41, 5.74) is 1.58. The minimum atomic E-state index is -3.38. The average molecular weight is 571 g/mol. The van der Waals surface area contributed by atoms with Crippen LogP contribution >= 0.6 is 0 Å².